The van der Waals surface area contributed by atoms with Gasteiger partial charge >= 0.3 is 0 Å². The number of hydrogen-bond donors (Lipinski definition) is 2. The van der Waals surface area contributed by atoms with E-state index in [1.54, 1.807) is 7.05 Å². The molecule has 2 rings (SSSR count). The Morgan fingerprint density at radius 3 is 1.96 bits per heavy atom. The standard InChI is InChI=1S/C21H29N3O.HI/c1-3-25-17-16-24-21(22-2)23-15-14-20(18-10-6-4-7-11-18)19-12-8-5-9-13-19;/h4-13,20H,3,14-17H2,1-2H3,(H2,22,23,24);1H. The minimum absolute atomic E-state index is 0. The van der Waals surface area contributed by atoms with Gasteiger partial charge in [-0.1, -0.05) is 60.7 Å². The molecule has 0 radical (unpaired) electrons. The van der Waals surface area contributed by atoms with Gasteiger partial charge in [-0.25, -0.2) is 0 Å². The van der Waals surface area contributed by atoms with Crippen LogP contribution < -0.4 is 10.6 Å². The largest absolute Gasteiger partial charge is 0.380 e. The summed E-state index contributed by atoms with van der Waals surface area (Å²) in [7, 11) is 1.79. The van der Waals surface area contributed by atoms with E-state index in [2.05, 4.69) is 76.3 Å². The van der Waals surface area contributed by atoms with E-state index in [1.165, 1.54) is 11.1 Å². The predicted molar refractivity (Wildman–Crippen MR) is 121 cm³/mol. The van der Waals surface area contributed by atoms with Crippen molar-refractivity contribution in [2.45, 2.75) is 19.3 Å². The fourth-order valence-electron chi connectivity index (χ4n) is 2.84. The first-order valence-electron chi connectivity index (χ1n) is 8.97. The van der Waals surface area contributed by atoms with E-state index in [4.69, 9.17) is 4.74 Å². The van der Waals surface area contributed by atoms with Gasteiger partial charge in [0, 0.05) is 32.7 Å². The van der Waals surface area contributed by atoms with E-state index in [9.17, 15) is 0 Å². The van der Waals surface area contributed by atoms with E-state index in [0.717, 1.165) is 32.1 Å². The van der Waals surface area contributed by atoms with Gasteiger partial charge in [-0.3, -0.25) is 4.99 Å². The van der Waals surface area contributed by atoms with Crippen molar-refractivity contribution in [2.24, 2.45) is 4.99 Å². The third-order valence-corrected chi connectivity index (χ3v) is 4.10. The molecule has 4 nitrogen and oxygen atoms in total. The summed E-state index contributed by atoms with van der Waals surface area (Å²) in [6.07, 6.45) is 1.00. The van der Waals surface area contributed by atoms with Gasteiger partial charge in [0.1, 0.15) is 0 Å². The van der Waals surface area contributed by atoms with Gasteiger partial charge < -0.3 is 15.4 Å². The third-order valence-electron chi connectivity index (χ3n) is 4.10. The van der Waals surface area contributed by atoms with Crippen molar-refractivity contribution in [2.75, 3.05) is 33.4 Å². The average molecular weight is 467 g/mol. The molecule has 0 atom stereocenters. The van der Waals surface area contributed by atoms with Gasteiger partial charge in [0.05, 0.1) is 6.61 Å². The number of benzene rings is 2. The van der Waals surface area contributed by atoms with E-state index in [-0.39, 0.29) is 24.0 Å². The maximum absolute atomic E-state index is 5.34. The first-order chi connectivity index (χ1) is 12.3. The molecule has 0 bridgehead atoms. The minimum atomic E-state index is 0. The number of rotatable bonds is 9. The van der Waals surface area contributed by atoms with Crippen LogP contribution in [0, 0.1) is 0 Å². The number of nitrogens with zero attached hydrogens (tertiary/aromatic N) is 1. The van der Waals surface area contributed by atoms with Crippen molar-refractivity contribution in [3.8, 4) is 0 Å². The summed E-state index contributed by atoms with van der Waals surface area (Å²) in [6, 6.07) is 21.3. The summed E-state index contributed by atoms with van der Waals surface area (Å²) in [6.45, 7) is 5.04. The minimum Gasteiger partial charge on any atom is -0.380 e. The van der Waals surface area contributed by atoms with Crippen LogP contribution in [0.3, 0.4) is 0 Å². The second kappa shape index (κ2) is 13.6. The fraction of sp³-hybridized carbons (Fsp3) is 0.381. The summed E-state index contributed by atoms with van der Waals surface area (Å²) in [4.78, 5) is 4.27. The smallest absolute Gasteiger partial charge is 0.191 e. The molecule has 5 heteroatoms. The molecule has 0 aliphatic rings. The van der Waals surface area contributed by atoms with Crippen molar-refractivity contribution in [1.82, 2.24) is 10.6 Å². The molecule has 2 aromatic rings. The zero-order chi connectivity index (χ0) is 17.7. The lowest BCUT2D eigenvalue weighted by Gasteiger charge is -2.19. The molecule has 0 heterocycles. The molecule has 0 spiro atoms. The number of aliphatic imine (C=N–C) groups is 1. The Balaban J connectivity index is 0.00000338. The second-order valence-corrected chi connectivity index (χ2v) is 5.79. The summed E-state index contributed by atoms with van der Waals surface area (Å²) < 4.78 is 5.34. The van der Waals surface area contributed by atoms with Crippen LogP contribution in [0.5, 0.6) is 0 Å². The molecule has 0 amide bonds. The van der Waals surface area contributed by atoms with Crippen LogP contribution in [-0.2, 0) is 4.74 Å². The lowest BCUT2D eigenvalue weighted by Crippen LogP contribution is -2.39. The number of halogens is 1. The molecule has 0 saturated heterocycles. The SMILES string of the molecule is CCOCCNC(=NC)NCCC(c1ccccc1)c1ccccc1.I. The second-order valence-electron chi connectivity index (χ2n) is 5.79. The van der Waals surface area contributed by atoms with Crippen LogP contribution in [0.2, 0.25) is 0 Å². The molecule has 0 aliphatic heterocycles. The fourth-order valence-corrected chi connectivity index (χ4v) is 2.84. The van der Waals surface area contributed by atoms with E-state index in [0.29, 0.717) is 12.5 Å². The maximum Gasteiger partial charge on any atom is 0.191 e. The molecule has 26 heavy (non-hydrogen) atoms. The highest BCUT2D eigenvalue weighted by Gasteiger charge is 2.13. The maximum atomic E-state index is 5.34. The van der Waals surface area contributed by atoms with Crippen LogP contribution in [0.1, 0.15) is 30.4 Å². The quantitative estimate of drug-likeness (QED) is 0.254. The summed E-state index contributed by atoms with van der Waals surface area (Å²) in [5.41, 5.74) is 2.68. The van der Waals surface area contributed by atoms with Crippen LogP contribution in [0.25, 0.3) is 0 Å². The first-order valence-corrected chi connectivity index (χ1v) is 8.97. The van der Waals surface area contributed by atoms with E-state index in [1.807, 2.05) is 6.92 Å². The van der Waals surface area contributed by atoms with Crippen molar-refractivity contribution in [3.63, 3.8) is 0 Å². The van der Waals surface area contributed by atoms with Gasteiger partial charge in [0.2, 0.25) is 0 Å². The Bertz CT molecular complexity index is 580. The van der Waals surface area contributed by atoms with Gasteiger partial charge in [0.15, 0.2) is 5.96 Å². The van der Waals surface area contributed by atoms with Gasteiger partial charge in [-0.15, -0.1) is 24.0 Å². The lowest BCUT2D eigenvalue weighted by molar-refractivity contribution is 0.152. The first kappa shape index (κ1) is 22.4. The van der Waals surface area contributed by atoms with Crippen LogP contribution in [0.15, 0.2) is 65.7 Å². The van der Waals surface area contributed by atoms with Crippen molar-refractivity contribution in [1.29, 1.82) is 0 Å². The monoisotopic (exact) mass is 467 g/mol. The Kier molecular flexibility index (Phi) is 11.7. The predicted octanol–water partition coefficient (Wildman–Crippen LogP) is 4.03. The van der Waals surface area contributed by atoms with Crippen molar-refractivity contribution >= 4 is 29.9 Å². The zero-order valence-corrected chi connectivity index (χ0v) is 18.0. The number of hydrogen-bond acceptors (Lipinski definition) is 2. The van der Waals surface area contributed by atoms with Gasteiger partial charge in [-0.05, 0) is 24.5 Å². The Hall–Kier alpha value is -1.60. The van der Waals surface area contributed by atoms with E-state index >= 15 is 0 Å². The normalized spacial score (nSPS) is 11.1. The summed E-state index contributed by atoms with van der Waals surface area (Å²) in [5.74, 6) is 1.19. The highest BCUT2D eigenvalue weighted by molar-refractivity contribution is 14.0. The molecule has 0 aromatic heterocycles. The van der Waals surface area contributed by atoms with Crippen LogP contribution in [0.4, 0.5) is 0 Å². The van der Waals surface area contributed by atoms with Gasteiger partial charge in [-0.2, -0.15) is 0 Å². The summed E-state index contributed by atoms with van der Waals surface area (Å²) in [5, 5.41) is 6.67. The number of guanidine groups is 1. The molecule has 0 unspecified atom stereocenters. The van der Waals surface area contributed by atoms with Crippen molar-refractivity contribution in [3.05, 3.63) is 71.8 Å². The molecule has 142 valence electrons. The highest BCUT2D eigenvalue weighted by Crippen LogP contribution is 2.27. The molecule has 0 aliphatic carbocycles. The average Bonchev–Trinajstić information content (AvgIpc) is 2.68. The molecule has 0 saturated carbocycles. The zero-order valence-electron chi connectivity index (χ0n) is 15.7. The number of ether oxygens (including phenoxy) is 1. The lowest BCUT2D eigenvalue weighted by atomic mass is 9.88. The number of nitrogens with one attached hydrogen (secondary N) is 2. The highest BCUT2D eigenvalue weighted by atomic mass is 127. The summed E-state index contributed by atoms with van der Waals surface area (Å²) >= 11 is 0. The topological polar surface area (TPSA) is 45.6 Å². The Morgan fingerprint density at radius 2 is 1.46 bits per heavy atom. The van der Waals surface area contributed by atoms with Crippen LogP contribution >= 0.6 is 24.0 Å². The van der Waals surface area contributed by atoms with Gasteiger partial charge in [0.25, 0.3) is 0 Å². The van der Waals surface area contributed by atoms with E-state index < -0.39 is 0 Å². The van der Waals surface area contributed by atoms with Crippen LogP contribution in [-0.4, -0.2) is 39.3 Å². The van der Waals surface area contributed by atoms with Crippen molar-refractivity contribution < 1.29 is 4.74 Å². The molecule has 2 N–H and O–H groups in total. The Morgan fingerprint density at radius 1 is 0.923 bits per heavy atom. The molecule has 2 aromatic carbocycles. The Labute approximate surface area is 174 Å². The third kappa shape index (κ3) is 7.74. The molecular weight excluding hydrogens is 437 g/mol. The molecular formula is C21H30IN3O. The molecule has 0 fully saturated rings.